The number of primary amides is 1. The summed E-state index contributed by atoms with van der Waals surface area (Å²) in [5.74, 6) is 0.336. The topological polar surface area (TPSA) is 103 Å². The normalized spacial score (nSPS) is 15.3. The lowest BCUT2D eigenvalue weighted by atomic mass is 10.1. The Kier molecular flexibility index (Phi) is 8.77. The van der Waals surface area contributed by atoms with E-state index in [1.165, 1.54) is 0 Å². The molecule has 0 bridgehead atoms. The fraction of sp³-hybridized carbons (Fsp3) is 0.310. The van der Waals surface area contributed by atoms with Crippen LogP contribution in [0.4, 0.5) is 0 Å². The van der Waals surface area contributed by atoms with Crippen molar-refractivity contribution in [3.05, 3.63) is 76.0 Å². The lowest BCUT2D eigenvalue weighted by Gasteiger charge is -2.32. The standard InChI is InChI=1S/C29H30Cl2N4O4S/c1-17(21-3-2-4-25(27(21)31)39-20-7-9-34(10-8-20)11-12-36)38-26-15-19(14-22(28(26)40)29(32)37)35-16-33-23-13-18(30)5-6-24(23)35/h2-6,13-17,20,36,40H,7-12H2,1H3,(H2,32,37)/t17-/m1/s1. The lowest BCUT2D eigenvalue weighted by molar-refractivity contribution is 0.0887. The Morgan fingerprint density at radius 2 is 1.95 bits per heavy atom. The number of carbonyl (C=O) groups excluding carboxylic acids is 1. The highest BCUT2D eigenvalue weighted by Gasteiger charge is 2.24. The van der Waals surface area contributed by atoms with Gasteiger partial charge >= 0.3 is 0 Å². The van der Waals surface area contributed by atoms with Crippen LogP contribution in [-0.4, -0.2) is 57.8 Å². The van der Waals surface area contributed by atoms with E-state index in [0.29, 0.717) is 44.2 Å². The number of nitrogens with two attached hydrogens (primary N) is 1. The van der Waals surface area contributed by atoms with Crippen molar-refractivity contribution < 1.29 is 19.4 Å². The van der Waals surface area contributed by atoms with Crippen molar-refractivity contribution in [3.63, 3.8) is 0 Å². The minimum absolute atomic E-state index is 0.0395. The molecule has 1 aromatic heterocycles. The summed E-state index contributed by atoms with van der Waals surface area (Å²) >= 11 is 17.5. The molecule has 0 saturated carbocycles. The number of aromatic nitrogens is 2. The van der Waals surface area contributed by atoms with Crippen molar-refractivity contribution >= 4 is 52.8 Å². The summed E-state index contributed by atoms with van der Waals surface area (Å²) in [5, 5.41) is 10.2. The number of benzene rings is 3. The number of hydrogen-bond acceptors (Lipinski definition) is 7. The summed E-state index contributed by atoms with van der Waals surface area (Å²) in [4.78, 5) is 19.3. The summed E-state index contributed by atoms with van der Waals surface area (Å²) in [7, 11) is 0. The first-order chi connectivity index (χ1) is 19.2. The zero-order chi connectivity index (χ0) is 28.4. The van der Waals surface area contributed by atoms with Gasteiger partial charge in [-0.3, -0.25) is 9.36 Å². The molecule has 8 nitrogen and oxygen atoms in total. The average Bonchev–Trinajstić information content (AvgIpc) is 3.35. The van der Waals surface area contributed by atoms with Crippen LogP contribution < -0.4 is 15.2 Å². The van der Waals surface area contributed by atoms with Gasteiger partial charge in [0.25, 0.3) is 0 Å². The molecule has 0 radical (unpaired) electrons. The average molecular weight is 602 g/mol. The molecule has 3 aromatic carbocycles. The third-order valence-corrected chi connectivity index (χ3v) is 8.19. The number of ether oxygens (including phenoxy) is 2. The van der Waals surface area contributed by atoms with Crippen molar-refractivity contribution in [3.8, 4) is 17.2 Å². The first-order valence-electron chi connectivity index (χ1n) is 13.0. The molecular weight excluding hydrogens is 571 g/mol. The van der Waals surface area contributed by atoms with Crippen molar-refractivity contribution in [2.45, 2.75) is 36.9 Å². The number of aliphatic hydroxyl groups is 1. The molecule has 1 fully saturated rings. The number of piperidine rings is 1. The Balaban J connectivity index is 1.41. The third-order valence-electron chi connectivity index (χ3n) is 7.09. The van der Waals surface area contributed by atoms with E-state index in [4.69, 9.17) is 38.4 Å². The van der Waals surface area contributed by atoms with Gasteiger partial charge in [-0.1, -0.05) is 35.3 Å². The molecule has 1 saturated heterocycles. The second-order valence-corrected chi connectivity index (χ2v) is 11.0. The summed E-state index contributed by atoms with van der Waals surface area (Å²) in [6.45, 7) is 4.43. The number of fused-ring (bicyclic) bond motifs is 1. The Hall–Kier alpha value is -2.95. The van der Waals surface area contributed by atoms with E-state index in [2.05, 4.69) is 22.5 Å². The summed E-state index contributed by atoms with van der Waals surface area (Å²) in [6.07, 6.45) is 2.90. The van der Waals surface area contributed by atoms with Crippen LogP contribution in [0.3, 0.4) is 0 Å². The third kappa shape index (κ3) is 6.04. The Morgan fingerprint density at radius 1 is 1.18 bits per heavy atom. The Morgan fingerprint density at radius 3 is 2.67 bits per heavy atom. The smallest absolute Gasteiger partial charge is 0.250 e. The molecule has 4 aromatic rings. The lowest BCUT2D eigenvalue weighted by Crippen LogP contribution is -2.39. The first-order valence-corrected chi connectivity index (χ1v) is 14.2. The van der Waals surface area contributed by atoms with Crippen LogP contribution in [0.1, 0.15) is 41.8 Å². The molecule has 1 aliphatic heterocycles. The van der Waals surface area contributed by atoms with Gasteiger partial charge in [0.2, 0.25) is 5.91 Å². The number of carbonyl (C=O) groups is 1. The van der Waals surface area contributed by atoms with E-state index >= 15 is 0 Å². The largest absolute Gasteiger partial charge is 0.489 e. The number of imidazole rings is 1. The van der Waals surface area contributed by atoms with Crippen LogP contribution in [0, 0.1) is 0 Å². The van der Waals surface area contributed by atoms with Crippen LogP contribution in [-0.2, 0) is 0 Å². The highest BCUT2D eigenvalue weighted by Crippen LogP contribution is 2.38. The van der Waals surface area contributed by atoms with Gasteiger partial charge in [0.05, 0.1) is 38.8 Å². The molecule has 0 unspecified atom stereocenters. The zero-order valence-electron chi connectivity index (χ0n) is 21.9. The van der Waals surface area contributed by atoms with Gasteiger partial charge in [0.1, 0.15) is 30.0 Å². The first kappa shape index (κ1) is 28.6. The van der Waals surface area contributed by atoms with Gasteiger partial charge in [-0.15, -0.1) is 12.6 Å². The summed E-state index contributed by atoms with van der Waals surface area (Å²) < 4.78 is 14.5. The minimum atomic E-state index is -0.629. The minimum Gasteiger partial charge on any atom is -0.489 e. The molecule has 40 heavy (non-hydrogen) atoms. The summed E-state index contributed by atoms with van der Waals surface area (Å²) in [6, 6.07) is 14.5. The van der Waals surface area contributed by atoms with E-state index < -0.39 is 12.0 Å². The second kappa shape index (κ2) is 12.3. The molecule has 210 valence electrons. The fourth-order valence-corrected chi connectivity index (χ4v) is 5.74. The van der Waals surface area contributed by atoms with Gasteiger partial charge < -0.3 is 25.2 Å². The van der Waals surface area contributed by atoms with E-state index in [9.17, 15) is 9.90 Å². The van der Waals surface area contributed by atoms with E-state index in [1.54, 1.807) is 30.6 Å². The quantitative estimate of drug-likeness (QED) is 0.213. The predicted molar refractivity (Wildman–Crippen MR) is 160 cm³/mol. The van der Waals surface area contributed by atoms with Crippen molar-refractivity contribution in [2.24, 2.45) is 5.73 Å². The van der Waals surface area contributed by atoms with Gasteiger partial charge in [0.15, 0.2) is 0 Å². The number of β-amino-alcohol motifs (C(OH)–C–C–N with tert-alkyl or cyclic N) is 1. The Bertz CT molecular complexity index is 1540. The maximum atomic E-state index is 12.3. The van der Waals surface area contributed by atoms with E-state index in [-0.39, 0.29) is 18.3 Å². The van der Waals surface area contributed by atoms with Crippen molar-refractivity contribution in [1.82, 2.24) is 14.5 Å². The highest BCUT2D eigenvalue weighted by molar-refractivity contribution is 7.80. The number of thiol groups is 1. The molecule has 11 heteroatoms. The van der Waals surface area contributed by atoms with Crippen LogP contribution in [0.5, 0.6) is 11.5 Å². The van der Waals surface area contributed by atoms with Crippen LogP contribution in [0.25, 0.3) is 16.7 Å². The number of rotatable bonds is 9. The molecule has 1 amide bonds. The molecule has 1 aliphatic rings. The molecule has 0 aliphatic carbocycles. The highest BCUT2D eigenvalue weighted by atomic mass is 35.5. The Labute approximate surface area is 248 Å². The number of nitrogens with zero attached hydrogens (tertiary/aromatic N) is 3. The number of likely N-dealkylation sites (tertiary alicyclic amines) is 1. The van der Waals surface area contributed by atoms with Crippen LogP contribution >= 0.6 is 35.8 Å². The van der Waals surface area contributed by atoms with Gasteiger partial charge in [-0.05, 0) is 50.1 Å². The van der Waals surface area contributed by atoms with E-state index in [1.807, 2.05) is 35.8 Å². The molecule has 2 heterocycles. The monoisotopic (exact) mass is 600 g/mol. The number of hydrogen-bond donors (Lipinski definition) is 3. The van der Waals surface area contributed by atoms with Crippen molar-refractivity contribution in [1.29, 1.82) is 0 Å². The maximum absolute atomic E-state index is 12.3. The molecule has 1 atom stereocenters. The summed E-state index contributed by atoms with van der Waals surface area (Å²) in [5.41, 5.74) is 8.80. The number of amides is 1. The zero-order valence-corrected chi connectivity index (χ0v) is 24.3. The van der Waals surface area contributed by atoms with E-state index in [0.717, 1.165) is 37.0 Å². The van der Waals surface area contributed by atoms with Crippen molar-refractivity contribution in [2.75, 3.05) is 26.2 Å². The maximum Gasteiger partial charge on any atom is 0.250 e. The second-order valence-electron chi connectivity index (χ2n) is 9.75. The number of aliphatic hydroxyl groups excluding tert-OH is 1. The van der Waals surface area contributed by atoms with Crippen LogP contribution in [0.2, 0.25) is 10.0 Å². The number of halogens is 2. The molecule has 3 N–H and O–H groups in total. The van der Waals surface area contributed by atoms with Gasteiger partial charge in [-0.2, -0.15) is 0 Å². The molecular formula is C29H30Cl2N4O4S. The predicted octanol–water partition coefficient (Wildman–Crippen LogP) is 5.70. The molecule has 0 spiro atoms. The SMILES string of the molecule is C[C@@H](Oc1cc(-n2cnc3cc(Cl)ccc32)cc(C(N)=O)c1S)c1cccc(OC2CCN(CCO)CC2)c1Cl. The fourth-order valence-electron chi connectivity index (χ4n) is 4.96. The van der Waals surface area contributed by atoms with Crippen LogP contribution in [0.15, 0.2) is 59.8 Å². The molecule has 5 rings (SSSR count). The van der Waals surface area contributed by atoms with Gasteiger partial charge in [0, 0.05) is 36.3 Å². The van der Waals surface area contributed by atoms with Gasteiger partial charge in [-0.25, -0.2) is 4.98 Å².